The van der Waals surface area contributed by atoms with Gasteiger partial charge < -0.3 is 9.84 Å². The largest absolute Gasteiger partial charge is 0.434 e. The molecule has 0 aliphatic heterocycles. The zero-order valence-corrected chi connectivity index (χ0v) is 17.9. The molecule has 3 aromatic heterocycles. The van der Waals surface area contributed by atoms with E-state index in [-0.39, 0.29) is 39.7 Å². The van der Waals surface area contributed by atoms with Gasteiger partial charge in [-0.1, -0.05) is 12.1 Å². The van der Waals surface area contributed by atoms with Crippen molar-refractivity contribution >= 4 is 11.4 Å². The number of carbonyl (C=O) groups excluding carboxylic acids is 1. The molecule has 3 heterocycles. The van der Waals surface area contributed by atoms with Crippen molar-refractivity contribution < 1.29 is 27.8 Å². The highest BCUT2D eigenvalue weighted by Crippen LogP contribution is 2.29. The van der Waals surface area contributed by atoms with Crippen LogP contribution in [0.1, 0.15) is 41.4 Å². The predicted molar refractivity (Wildman–Crippen MR) is 113 cm³/mol. The normalized spacial score (nSPS) is 11.9. The Morgan fingerprint density at radius 3 is 2.48 bits per heavy atom. The van der Waals surface area contributed by atoms with Gasteiger partial charge in [0.25, 0.3) is 0 Å². The summed E-state index contributed by atoms with van der Waals surface area (Å²) in [5, 5.41) is 10.0. The molecular weight excluding hydrogens is 437 g/mol. The number of fused-ring (bicyclic) bond motifs is 1. The van der Waals surface area contributed by atoms with E-state index >= 15 is 0 Å². The first-order chi connectivity index (χ1) is 15.6. The minimum Gasteiger partial charge on any atom is -0.434 e. The molecule has 1 aromatic carbocycles. The van der Waals surface area contributed by atoms with E-state index in [9.17, 15) is 23.1 Å². The van der Waals surface area contributed by atoms with Crippen LogP contribution in [0.3, 0.4) is 0 Å². The molecule has 33 heavy (non-hydrogen) atoms. The summed E-state index contributed by atoms with van der Waals surface area (Å²) in [7, 11) is 0. The zero-order chi connectivity index (χ0) is 23.9. The number of ketones is 1. The second-order valence-corrected chi connectivity index (χ2v) is 7.87. The maximum atomic E-state index is 14.9. The average molecular weight is 456 g/mol. The standard InChI is InChI=1S/C23H19F3N4O3/c1-12-19(20(31)14-6-4-5-7-17(14)33-22(25)26)30-11-15(16(24)8-18(30)29-12)13-9-27-21(28-10-13)23(2,3)32/h4-11,22,32H,1-3H3. The number of aryl methyl sites for hydroxylation is 1. The summed E-state index contributed by atoms with van der Waals surface area (Å²) in [5.74, 6) is -1.34. The van der Waals surface area contributed by atoms with Crippen molar-refractivity contribution in [1.82, 2.24) is 19.4 Å². The van der Waals surface area contributed by atoms with Crippen LogP contribution >= 0.6 is 0 Å². The number of aliphatic hydroxyl groups is 1. The van der Waals surface area contributed by atoms with Gasteiger partial charge in [-0.2, -0.15) is 8.78 Å². The summed E-state index contributed by atoms with van der Waals surface area (Å²) in [4.78, 5) is 25.7. The fourth-order valence-corrected chi connectivity index (χ4v) is 3.43. The second kappa shape index (κ2) is 8.28. The van der Waals surface area contributed by atoms with Gasteiger partial charge in [0.2, 0.25) is 5.78 Å². The molecule has 0 spiro atoms. The highest BCUT2D eigenvalue weighted by molar-refractivity contribution is 6.10. The van der Waals surface area contributed by atoms with Crippen LogP contribution in [0.4, 0.5) is 13.2 Å². The van der Waals surface area contributed by atoms with E-state index in [0.717, 1.165) is 6.07 Å². The first-order valence-electron chi connectivity index (χ1n) is 9.88. The minimum absolute atomic E-state index is 0.0746. The number of aromatic nitrogens is 4. The molecular formula is C23H19F3N4O3. The van der Waals surface area contributed by atoms with E-state index in [1.165, 1.54) is 61.1 Å². The maximum absolute atomic E-state index is 14.9. The molecule has 0 radical (unpaired) electrons. The summed E-state index contributed by atoms with van der Waals surface area (Å²) < 4.78 is 46.4. The van der Waals surface area contributed by atoms with Gasteiger partial charge in [0, 0.05) is 35.8 Å². The summed E-state index contributed by atoms with van der Waals surface area (Å²) in [6, 6.07) is 6.79. The molecule has 0 aliphatic rings. The third kappa shape index (κ3) is 4.29. The Hall–Kier alpha value is -3.79. The number of nitrogens with zero attached hydrogens (tertiary/aromatic N) is 4. The number of halogens is 3. The zero-order valence-electron chi connectivity index (χ0n) is 17.9. The maximum Gasteiger partial charge on any atom is 0.387 e. The smallest absolute Gasteiger partial charge is 0.387 e. The van der Waals surface area contributed by atoms with Crippen LogP contribution in [-0.2, 0) is 5.60 Å². The molecule has 1 N–H and O–H groups in total. The summed E-state index contributed by atoms with van der Waals surface area (Å²) in [6.45, 7) is 1.51. The molecule has 4 aromatic rings. The third-order valence-electron chi connectivity index (χ3n) is 4.96. The molecule has 0 fully saturated rings. The van der Waals surface area contributed by atoms with E-state index in [4.69, 9.17) is 0 Å². The van der Waals surface area contributed by atoms with Gasteiger partial charge in [-0.05, 0) is 32.9 Å². The van der Waals surface area contributed by atoms with Crippen molar-refractivity contribution in [3.63, 3.8) is 0 Å². The Kier molecular flexibility index (Phi) is 5.62. The van der Waals surface area contributed by atoms with Crippen LogP contribution in [-0.4, -0.2) is 36.9 Å². The van der Waals surface area contributed by atoms with Crippen molar-refractivity contribution in [1.29, 1.82) is 0 Å². The molecule has 0 amide bonds. The fourth-order valence-electron chi connectivity index (χ4n) is 3.43. The number of hydrogen-bond acceptors (Lipinski definition) is 6. The number of hydrogen-bond donors (Lipinski definition) is 1. The molecule has 0 atom stereocenters. The quantitative estimate of drug-likeness (QED) is 0.435. The molecule has 4 rings (SSSR count). The topological polar surface area (TPSA) is 89.6 Å². The SMILES string of the molecule is Cc1nc2cc(F)c(-c3cnc(C(C)(C)O)nc3)cn2c1C(=O)c1ccccc1OC(F)F. The Morgan fingerprint density at radius 2 is 1.85 bits per heavy atom. The monoisotopic (exact) mass is 456 g/mol. The van der Waals surface area contributed by atoms with Gasteiger partial charge in [-0.25, -0.2) is 19.3 Å². The van der Waals surface area contributed by atoms with Crippen LogP contribution in [0.2, 0.25) is 0 Å². The fraction of sp³-hybridized carbons (Fsp3) is 0.217. The summed E-state index contributed by atoms with van der Waals surface area (Å²) in [6.07, 6.45) is 4.10. The number of rotatable bonds is 6. The van der Waals surface area contributed by atoms with Crippen LogP contribution in [0.25, 0.3) is 16.8 Å². The lowest BCUT2D eigenvalue weighted by molar-refractivity contribution is -0.0501. The number of alkyl halides is 2. The van der Waals surface area contributed by atoms with Gasteiger partial charge in [0.05, 0.1) is 11.3 Å². The van der Waals surface area contributed by atoms with Crippen molar-refractivity contribution in [2.45, 2.75) is 33.0 Å². The summed E-state index contributed by atoms with van der Waals surface area (Å²) in [5.41, 5.74) is -0.412. The van der Waals surface area contributed by atoms with Crippen molar-refractivity contribution in [3.05, 3.63) is 77.5 Å². The predicted octanol–water partition coefficient (Wildman–Crippen LogP) is 4.30. The average Bonchev–Trinajstić information content (AvgIpc) is 3.06. The van der Waals surface area contributed by atoms with Crippen LogP contribution < -0.4 is 4.74 Å². The van der Waals surface area contributed by atoms with Crippen molar-refractivity contribution in [3.8, 4) is 16.9 Å². The van der Waals surface area contributed by atoms with Crippen LogP contribution in [0.15, 0.2) is 48.9 Å². The van der Waals surface area contributed by atoms with Gasteiger partial charge in [0.1, 0.15) is 28.5 Å². The number of carbonyl (C=O) groups is 1. The molecule has 7 nitrogen and oxygen atoms in total. The molecule has 0 saturated heterocycles. The number of imidazole rings is 1. The van der Waals surface area contributed by atoms with Crippen molar-refractivity contribution in [2.75, 3.05) is 0 Å². The minimum atomic E-state index is -3.10. The number of ether oxygens (including phenoxy) is 1. The van der Waals surface area contributed by atoms with Gasteiger partial charge in [-0.15, -0.1) is 0 Å². The van der Waals surface area contributed by atoms with Crippen LogP contribution in [0.5, 0.6) is 5.75 Å². The summed E-state index contributed by atoms with van der Waals surface area (Å²) >= 11 is 0. The Morgan fingerprint density at radius 1 is 1.18 bits per heavy atom. The van der Waals surface area contributed by atoms with Gasteiger partial charge >= 0.3 is 6.61 Å². The first kappa shape index (κ1) is 22.4. The van der Waals surface area contributed by atoms with E-state index < -0.39 is 23.8 Å². The van der Waals surface area contributed by atoms with E-state index in [1.807, 2.05) is 0 Å². The molecule has 0 unspecified atom stereocenters. The Balaban J connectivity index is 1.83. The van der Waals surface area contributed by atoms with Gasteiger partial charge in [0.15, 0.2) is 5.82 Å². The molecule has 10 heteroatoms. The number of pyridine rings is 1. The molecule has 0 aliphatic carbocycles. The second-order valence-electron chi connectivity index (χ2n) is 7.87. The molecule has 0 saturated carbocycles. The van der Waals surface area contributed by atoms with E-state index in [1.54, 1.807) is 6.92 Å². The molecule has 0 bridgehead atoms. The number of para-hydroxylation sites is 1. The third-order valence-corrected chi connectivity index (χ3v) is 4.96. The lowest BCUT2D eigenvalue weighted by atomic mass is 10.1. The first-order valence-corrected chi connectivity index (χ1v) is 9.88. The van der Waals surface area contributed by atoms with E-state index in [2.05, 4.69) is 19.7 Å². The Bertz CT molecular complexity index is 1350. The Labute approximate surface area is 186 Å². The van der Waals surface area contributed by atoms with E-state index in [0.29, 0.717) is 5.56 Å². The number of benzene rings is 1. The highest BCUT2D eigenvalue weighted by atomic mass is 19.3. The van der Waals surface area contributed by atoms with Crippen molar-refractivity contribution in [2.24, 2.45) is 0 Å². The molecule has 170 valence electrons. The highest BCUT2D eigenvalue weighted by Gasteiger charge is 2.24. The van der Waals surface area contributed by atoms with Crippen LogP contribution in [0, 0.1) is 12.7 Å². The lowest BCUT2D eigenvalue weighted by Crippen LogP contribution is -2.19. The lowest BCUT2D eigenvalue weighted by Gasteiger charge is -2.15. The van der Waals surface area contributed by atoms with Gasteiger partial charge in [-0.3, -0.25) is 9.20 Å².